The van der Waals surface area contributed by atoms with E-state index in [1.165, 1.54) is 12.1 Å². The number of aliphatic hydroxyl groups excluding tert-OH is 1. The van der Waals surface area contributed by atoms with Crippen LogP contribution in [-0.2, 0) is 0 Å². The van der Waals surface area contributed by atoms with E-state index in [0.29, 0.717) is 12.2 Å². The van der Waals surface area contributed by atoms with Gasteiger partial charge in [0, 0.05) is 23.2 Å². The quantitative estimate of drug-likeness (QED) is 0.639. The van der Waals surface area contributed by atoms with E-state index >= 15 is 0 Å². The number of aliphatic hydroxyl groups is 1. The van der Waals surface area contributed by atoms with Crippen LogP contribution in [0.4, 0.5) is 11.4 Å². The predicted octanol–water partition coefficient (Wildman–Crippen LogP) is 1.76. The molecule has 1 aromatic rings. The molecule has 0 fully saturated rings. The van der Waals surface area contributed by atoms with Crippen molar-refractivity contribution in [1.29, 1.82) is 0 Å². The van der Waals surface area contributed by atoms with Crippen molar-refractivity contribution in [1.82, 2.24) is 0 Å². The van der Waals surface area contributed by atoms with Crippen LogP contribution in [0.15, 0.2) is 22.7 Å². The molecule has 0 aliphatic heterocycles. The molecule has 0 radical (unpaired) electrons. The van der Waals surface area contributed by atoms with Gasteiger partial charge in [-0.25, -0.2) is 0 Å². The van der Waals surface area contributed by atoms with Gasteiger partial charge >= 0.3 is 0 Å². The molecule has 0 bridgehead atoms. The molecule has 2 N–H and O–H groups in total. The van der Waals surface area contributed by atoms with Crippen LogP contribution in [0.3, 0.4) is 0 Å². The Morgan fingerprint density at radius 2 is 2.29 bits per heavy atom. The normalized spacial score (nSPS) is 9.86. The van der Waals surface area contributed by atoms with Gasteiger partial charge < -0.3 is 10.4 Å². The van der Waals surface area contributed by atoms with Crippen LogP contribution in [-0.4, -0.2) is 23.2 Å². The van der Waals surface area contributed by atoms with E-state index in [1.807, 2.05) is 0 Å². The molecule has 0 unspecified atom stereocenters. The number of nitrogens with one attached hydrogen (secondary N) is 1. The number of rotatable bonds is 4. The molecule has 14 heavy (non-hydrogen) atoms. The van der Waals surface area contributed by atoms with Crippen molar-refractivity contribution in [3.8, 4) is 0 Å². The Morgan fingerprint density at radius 3 is 2.86 bits per heavy atom. The summed E-state index contributed by atoms with van der Waals surface area (Å²) in [7, 11) is 0. The van der Waals surface area contributed by atoms with E-state index in [-0.39, 0.29) is 12.3 Å². The number of anilines is 1. The molecule has 0 aliphatic carbocycles. The highest BCUT2D eigenvalue weighted by Gasteiger charge is 2.08. The van der Waals surface area contributed by atoms with Crippen molar-refractivity contribution in [2.24, 2.45) is 0 Å². The second-order valence-electron chi connectivity index (χ2n) is 2.57. The van der Waals surface area contributed by atoms with Crippen molar-refractivity contribution in [3.63, 3.8) is 0 Å². The molecule has 0 heterocycles. The molecule has 1 aromatic carbocycles. The van der Waals surface area contributed by atoms with Crippen LogP contribution >= 0.6 is 15.9 Å². The molecule has 5 nitrogen and oxygen atoms in total. The Bertz CT molecular complexity index is 343. The minimum Gasteiger partial charge on any atom is -0.395 e. The number of benzene rings is 1. The highest BCUT2D eigenvalue weighted by Crippen LogP contribution is 2.26. The van der Waals surface area contributed by atoms with Gasteiger partial charge in [0.25, 0.3) is 5.69 Å². The average Bonchev–Trinajstić information content (AvgIpc) is 2.16. The number of nitro benzene ring substituents is 1. The molecule has 0 spiro atoms. The second kappa shape index (κ2) is 4.92. The number of nitro groups is 1. The van der Waals surface area contributed by atoms with Crippen molar-refractivity contribution in [2.45, 2.75) is 0 Å². The smallest absolute Gasteiger partial charge is 0.271 e. The van der Waals surface area contributed by atoms with Gasteiger partial charge in [-0.2, -0.15) is 0 Å². The summed E-state index contributed by atoms with van der Waals surface area (Å²) >= 11 is 3.24. The largest absolute Gasteiger partial charge is 0.395 e. The summed E-state index contributed by atoms with van der Waals surface area (Å²) in [5.74, 6) is 0. The first kappa shape index (κ1) is 10.9. The number of nitrogens with zero attached hydrogens (tertiary/aromatic N) is 1. The summed E-state index contributed by atoms with van der Waals surface area (Å²) in [6.45, 7) is 0.342. The van der Waals surface area contributed by atoms with Gasteiger partial charge in [-0.15, -0.1) is 0 Å². The predicted molar refractivity (Wildman–Crippen MR) is 56.4 cm³/mol. The van der Waals surface area contributed by atoms with E-state index in [4.69, 9.17) is 5.11 Å². The third kappa shape index (κ3) is 2.68. The Hall–Kier alpha value is -1.14. The first-order valence-corrected chi connectivity index (χ1v) is 4.73. The van der Waals surface area contributed by atoms with E-state index < -0.39 is 4.92 Å². The fourth-order valence-electron chi connectivity index (χ4n) is 0.953. The van der Waals surface area contributed by atoms with Crippen LogP contribution < -0.4 is 5.32 Å². The molecule has 6 heteroatoms. The third-order valence-corrected chi connectivity index (χ3v) is 2.28. The van der Waals surface area contributed by atoms with Crippen LogP contribution in [0.2, 0.25) is 0 Å². The van der Waals surface area contributed by atoms with E-state index in [0.717, 1.165) is 4.47 Å². The Labute approximate surface area is 89.0 Å². The zero-order valence-corrected chi connectivity index (χ0v) is 8.82. The minimum atomic E-state index is -0.462. The molecule has 0 aliphatic rings. The highest BCUT2D eigenvalue weighted by atomic mass is 79.9. The van der Waals surface area contributed by atoms with Gasteiger partial charge in [0.2, 0.25) is 0 Å². The van der Waals surface area contributed by atoms with Crippen LogP contribution in [0, 0.1) is 10.1 Å². The minimum absolute atomic E-state index is 0.0187. The van der Waals surface area contributed by atoms with Crippen molar-refractivity contribution in [3.05, 3.63) is 32.8 Å². The highest BCUT2D eigenvalue weighted by molar-refractivity contribution is 9.10. The molecular formula is C8H9BrN2O3. The first-order valence-electron chi connectivity index (χ1n) is 3.94. The second-order valence-corrected chi connectivity index (χ2v) is 3.43. The van der Waals surface area contributed by atoms with Crippen LogP contribution in [0.1, 0.15) is 0 Å². The Morgan fingerprint density at radius 1 is 1.57 bits per heavy atom. The van der Waals surface area contributed by atoms with E-state index in [2.05, 4.69) is 21.2 Å². The maximum Gasteiger partial charge on any atom is 0.271 e. The molecular weight excluding hydrogens is 252 g/mol. The zero-order chi connectivity index (χ0) is 10.6. The summed E-state index contributed by atoms with van der Waals surface area (Å²) in [5, 5.41) is 21.9. The maximum absolute atomic E-state index is 10.5. The molecule has 0 aromatic heterocycles. The third-order valence-electron chi connectivity index (χ3n) is 1.59. The molecule has 0 atom stereocenters. The summed E-state index contributed by atoms with van der Waals surface area (Å²) in [4.78, 5) is 9.99. The monoisotopic (exact) mass is 260 g/mol. The standard InChI is InChI=1S/C8H9BrN2O3/c9-7-2-1-6(11(13)14)5-8(7)10-3-4-12/h1-2,5,10,12H,3-4H2. The lowest BCUT2D eigenvalue weighted by Crippen LogP contribution is -2.06. The lowest BCUT2D eigenvalue weighted by atomic mass is 10.3. The molecule has 1 rings (SSSR count). The Kier molecular flexibility index (Phi) is 3.84. The van der Waals surface area contributed by atoms with Crippen molar-refractivity contribution in [2.75, 3.05) is 18.5 Å². The first-order chi connectivity index (χ1) is 6.65. The Balaban J connectivity index is 2.90. The van der Waals surface area contributed by atoms with Crippen molar-refractivity contribution >= 4 is 27.3 Å². The molecule has 0 saturated heterocycles. The summed E-state index contributed by atoms with van der Waals surface area (Å²) in [5.41, 5.74) is 0.627. The number of hydrogen-bond acceptors (Lipinski definition) is 4. The molecule has 0 amide bonds. The van der Waals surface area contributed by atoms with Crippen molar-refractivity contribution < 1.29 is 10.0 Å². The molecule has 76 valence electrons. The topological polar surface area (TPSA) is 75.4 Å². The lowest BCUT2D eigenvalue weighted by Gasteiger charge is -2.05. The molecule has 0 saturated carbocycles. The van der Waals surface area contributed by atoms with Gasteiger partial charge in [0.15, 0.2) is 0 Å². The number of halogens is 1. The van der Waals surface area contributed by atoms with E-state index in [1.54, 1.807) is 6.07 Å². The SMILES string of the molecule is O=[N+]([O-])c1ccc(Br)c(NCCO)c1. The van der Waals surface area contributed by atoms with Gasteiger partial charge in [-0.1, -0.05) is 0 Å². The fourth-order valence-corrected chi connectivity index (χ4v) is 1.34. The maximum atomic E-state index is 10.5. The number of hydrogen-bond donors (Lipinski definition) is 2. The summed E-state index contributed by atoms with van der Waals surface area (Å²) < 4.78 is 0.733. The van der Waals surface area contributed by atoms with Crippen LogP contribution in [0.5, 0.6) is 0 Å². The van der Waals surface area contributed by atoms with Crippen LogP contribution in [0.25, 0.3) is 0 Å². The lowest BCUT2D eigenvalue weighted by molar-refractivity contribution is -0.384. The fraction of sp³-hybridized carbons (Fsp3) is 0.250. The zero-order valence-electron chi connectivity index (χ0n) is 7.24. The van der Waals surface area contributed by atoms with E-state index in [9.17, 15) is 10.1 Å². The van der Waals surface area contributed by atoms with Gasteiger partial charge in [0.05, 0.1) is 17.2 Å². The number of non-ortho nitro benzene ring substituents is 1. The van der Waals surface area contributed by atoms with Gasteiger partial charge in [-0.05, 0) is 22.0 Å². The van der Waals surface area contributed by atoms with Gasteiger partial charge in [0.1, 0.15) is 0 Å². The summed E-state index contributed by atoms with van der Waals surface area (Å²) in [6.07, 6.45) is 0. The van der Waals surface area contributed by atoms with Gasteiger partial charge in [-0.3, -0.25) is 10.1 Å². The summed E-state index contributed by atoms with van der Waals surface area (Å²) in [6, 6.07) is 4.42. The average molecular weight is 261 g/mol.